The molecule has 0 bridgehead atoms. The van der Waals surface area contributed by atoms with Crippen molar-refractivity contribution in [2.45, 2.75) is 18.4 Å². The number of guanidine groups is 1. The molecular formula is C17H23N7O2S. The van der Waals surface area contributed by atoms with Gasteiger partial charge < -0.3 is 15.5 Å². The summed E-state index contributed by atoms with van der Waals surface area (Å²) in [4.78, 5) is 17.2. The Morgan fingerprint density at radius 2 is 1.85 bits per heavy atom. The van der Waals surface area contributed by atoms with Crippen LogP contribution in [-0.2, 0) is 16.6 Å². The Morgan fingerprint density at radius 3 is 2.44 bits per heavy atom. The minimum Gasteiger partial charge on any atom is -0.370 e. The molecule has 3 rings (SSSR count). The molecule has 2 heterocycles. The molecule has 1 aromatic carbocycles. The first-order valence-corrected chi connectivity index (χ1v) is 10.1. The van der Waals surface area contributed by atoms with Crippen LogP contribution in [0.2, 0.25) is 0 Å². The van der Waals surface area contributed by atoms with E-state index in [4.69, 9.17) is 10.9 Å². The van der Waals surface area contributed by atoms with E-state index in [2.05, 4.69) is 19.9 Å². The zero-order valence-electron chi connectivity index (χ0n) is 15.1. The van der Waals surface area contributed by atoms with Crippen molar-refractivity contribution in [2.75, 3.05) is 31.1 Å². The lowest BCUT2D eigenvalue weighted by atomic mass is 10.1. The van der Waals surface area contributed by atoms with Crippen molar-refractivity contribution >= 4 is 21.9 Å². The first-order valence-electron chi connectivity index (χ1n) is 8.54. The van der Waals surface area contributed by atoms with Crippen molar-refractivity contribution in [2.24, 2.45) is 15.9 Å². The number of hydrogen-bond acceptors (Lipinski definition) is 6. The van der Waals surface area contributed by atoms with Crippen LogP contribution in [0.15, 0.2) is 46.5 Å². The molecule has 0 saturated carbocycles. The summed E-state index contributed by atoms with van der Waals surface area (Å²) in [5.74, 6) is 1.19. The van der Waals surface area contributed by atoms with Gasteiger partial charge in [-0.3, -0.25) is 0 Å². The van der Waals surface area contributed by atoms with E-state index in [1.807, 2.05) is 4.90 Å². The molecule has 0 aliphatic carbocycles. The average Bonchev–Trinajstić information content (AvgIpc) is 2.66. The van der Waals surface area contributed by atoms with Gasteiger partial charge in [-0.1, -0.05) is 12.1 Å². The summed E-state index contributed by atoms with van der Waals surface area (Å²) in [6, 6.07) is 6.77. The van der Waals surface area contributed by atoms with E-state index in [9.17, 15) is 8.42 Å². The lowest BCUT2D eigenvalue weighted by molar-refractivity contribution is 0.378. The number of aliphatic imine (C=N–C) groups is 1. The summed E-state index contributed by atoms with van der Waals surface area (Å²) in [6.07, 6.45) is 3.46. The van der Waals surface area contributed by atoms with Crippen LogP contribution in [0.25, 0.3) is 0 Å². The molecule has 4 N–H and O–H groups in total. The van der Waals surface area contributed by atoms with Crippen molar-refractivity contribution in [3.63, 3.8) is 0 Å². The molecule has 0 atom stereocenters. The predicted octanol–water partition coefficient (Wildman–Crippen LogP) is 0.0693. The number of piperazine rings is 1. The number of aryl methyl sites for hydroxylation is 1. The molecule has 1 fully saturated rings. The monoisotopic (exact) mass is 389 g/mol. The van der Waals surface area contributed by atoms with Gasteiger partial charge in [-0.15, -0.1) is 0 Å². The first-order chi connectivity index (χ1) is 12.8. The molecule has 1 aromatic heterocycles. The number of nitrogens with two attached hydrogens (primary N) is 2. The topological polar surface area (TPSA) is 131 Å². The van der Waals surface area contributed by atoms with Crippen molar-refractivity contribution in [1.29, 1.82) is 0 Å². The highest BCUT2D eigenvalue weighted by molar-refractivity contribution is 7.89. The number of rotatable bonds is 4. The normalized spacial score (nSPS) is 15.9. The smallest absolute Gasteiger partial charge is 0.238 e. The third kappa shape index (κ3) is 4.72. The maximum Gasteiger partial charge on any atom is 0.238 e. The average molecular weight is 389 g/mol. The van der Waals surface area contributed by atoms with Crippen LogP contribution < -0.4 is 15.8 Å². The van der Waals surface area contributed by atoms with Crippen LogP contribution in [0.5, 0.6) is 0 Å². The summed E-state index contributed by atoms with van der Waals surface area (Å²) >= 11 is 0. The number of aromatic nitrogens is 2. The molecule has 27 heavy (non-hydrogen) atoms. The van der Waals surface area contributed by atoms with Gasteiger partial charge >= 0.3 is 0 Å². The molecule has 0 unspecified atom stereocenters. The summed E-state index contributed by atoms with van der Waals surface area (Å²) in [5, 5.41) is 5.19. The highest BCUT2D eigenvalue weighted by Gasteiger charge is 2.20. The summed E-state index contributed by atoms with van der Waals surface area (Å²) in [5.41, 5.74) is 7.60. The number of anilines is 1. The fourth-order valence-corrected chi connectivity index (χ4v) is 3.76. The lowest BCUT2D eigenvalue weighted by Crippen LogP contribution is -2.51. The first kappa shape index (κ1) is 19.1. The number of hydrogen-bond donors (Lipinski definition) is 2. The second-order valence-corrected chi connectivity index (χ2v) is 7.87. The maximum atomic E-state index is 11.5. The molecule has 9 nitrogen and oxygen atoms in total. The van der Waals surface area contributed by atoms with Crippen LogP contribution in [0.4, 0.5) is 5.95 Å². The Labute approximate surface area is 158 Å². The lowest BCUT2D eigenvalue weighted by Gasteiger charge is -2.35. The molecule has 1 saturated heterocycles. The van der Waals surface area contributed by atoms with Gasteiger partial charge in [0, 0.05) is 38.6 Å². The molecule has 144 valence electrons. The van der Waals surface area contributed by atoms with Crippen LogP contribution in [0.3, 0.4) is 0 Å². The number of primary sulfonamides is 1. The quantitative estimate of drug-likeness (QED) is 0.559. The minimum absolute atomic E-state index is 0.127. The second-order valence-electron chi connectivity index (χ2n) is 6.34. The van der Waals surface area contributed by atoms with E-state index in [1.165, 1.54) is 6.07 Å². The third-order valence-electron chi connectivity index (χ3n) is 4.41. The van der Waals surface area contributed by atoms with Gasteiger partial charge in [0.15, 0.2) is 5.96 Å². The Balaban J connectivity index is 1.60. The van der Waals surface area contributed by atoms with E-state index in [-0.39, 0.29) is 4.90 Å². The second kappa shape index (κ2) is 7.89. The predicted molar refractivity (Wildman–Crippen MR) is 104 cm³/mol. The summed E-state index contributed by atoms with van der Waals surface area (Å²) in [7, 11) is -3.71. The number of nitrogens with zero attached hydrogens (tertiary/aromatic N) is 5. The molecule has 0 amide bonds. The van der Waals surface area contributed by atoms with E-state index < -0.39 is 10.0 Å². The Bertz CT molecular complexity index is 924. The van der Waals surface area contributed by atoms with Crippen molar-refractivity contribution < 1.29 is 8.42 Å². The maximum absolute atomic E-state index is 11.5. The van der Waals surface area contributed by atoms with Crippen LogP contribution >= 0.6 is 0 Å². The molecule has 0 spiro atoms. The van der Waals surface area contributed by atoms with Gasteiger partial charge in [-0.05, 0) is 30.2 Å². The zero-order chi connectivity index (χ0) is 19.4. The molecular weight excluding hydrogens is 366 g/mol. The highest BCUT2D eigenvalue weighted by atomic mass is 32.2. The van der Waals surface area contributed by atoms with Gasteiger partial charge in [0.2, 0.25) is 16.0 Å². The fourth-order valence-electron chi connectivity index (χ4n) is 2.99. The largest absolute Gasteiger partial charge is 0.370 e. The Kier molecular flexibility index (Phi) is 5.57. The van der Waals surface area contributed by atoms with Crippen molar-refractivity contribution in [1.82, 2.24) is 14.9 Å². The van der Waals surface area contributed by atoms with Crippen LogP contribution in [0.1, 0.15) is 11.1 Å². The summed E-state index contributed by atoms with van der Waals surface area (Å²) in [6.45, 7) is 5.08. The summed E-state index contributed by atoms with van der Waals surface area (Å²) < 4.78 is 23.0. The van der Waals surface area contributed by atoms with Gasteiger partial charge in [-0.25, -0.2) is 28.5 Å². The van der Waals surface area contributed by atoms with Gasteiger partial charge in [-0.2, -0.15) is 0 Å². The molecule has 0 radical (unpaired) electrons. The van der Waals surface area contributed by atoms with Crippen molar-refractivity contribution in [3.05, 3.63) is 47.8 Å². The Morgan fingerprint density at radius 1 is 1.19 bits per heavy atom. The van der Waals surface area contributed by atoms with Crippen molar-refractivity contribution in [3.8, 4) is 0 Å². The van der Waals surface area contributed by atoms with Crippen LogP contribution in [0, 0.1) is 6.92 Å². The molecule has 10 heteroatoms. The van der Waals surface area contributed by atoms with E-state index >= 15 is 0 Å². The molecule has 1 aliphatic heterocycles. The van der Waals surface area contributed by atoms with E-state index in [0.29, 0.717) is 18.1 Å². The van der Waals surface area contributed by atoms with E-state index in [1.54, 1.807) is 37.5 Å². The minimum atomic E-state index is -3.71. The van der Waals surface area contributed by atoms with Gasteiger partial charge in [0.05, 0.1) is 11.4 Å². The van der Waals surface area contributed by atoms with Gasteiger partial charge in [0.1, 0.15) is 0 Å². The fraction of sp³-hybridized carbons (Fsp3) is 0.353. The van der Waals surface area contributed by atoms with Gasteiger partial charge in [0.25, 0.3) is 0 Å². The van der Waals surface area contributed by atoms with E-state index in [0.717, 1.165) is 37.7 Å². The highest BCUT2D eigenvalue weighted by Crippen LogP contribution is 2.16. The molecule has 1 aliphatic rings. The Hall–Kier alpha value is -2.72. The standard InChI is InChI=1S/C17H23N7O2S/c1-13-11-14(3-4-15(13)27(19,25)26)12-22-16(18)23-7-9-24(10-8-23)17-20-5-2-6-21-17/h2-6,11H,7-10,12H2,1H3,(H2,18,22)(H2,19,25,26). The number of benzene rings is 1. The molecule has 2 aromatic rings. The zero-order valence-corrected chi connectivity index (χ0v) is 15.9. The SMILES string of the molecule is Cc1cc(CN=C(N)N2CCN(c3ncccn3)CC2)ccc1S(N)(=O)=O. The third-order valence-corrected chi connectivity index (χ3v) is 5.48. The van der Waals surface area contributed by atoms with Crippen LogP contribution in [-0.4, -0.2) is 55.4 Å². The number of sulfonamides is 1.